The topological polar surface area (TPSA) is 30.0 Å². The van der Waals surface area contributed by atoms with Gasteiger partial charge in [-0.15, -0.1) is 0 Å². The standard InChI is InChI=1S/C10H6ClNO/c11-8-4-5-12-9-3-1-2-7(6-13)10(8)9/h1-6H. The summed E-state index contributed by atoms with van der Waals surface area (Å²) < 4.78 is 0. The van der Waals surface area contributed by atoms with Crippen molar-refractivity contribution in [2.24, 2.45) is 0 Å². The molecule has 2 aromatic rings. The van der Waals surface area contributed by atoms with Crippen molar-refractivity contribution >= 4 is 28.8 Å². The molecule has 0 unspecified atom stereocenters. The Morgan fingerprint density at radius 3 is 2.92 bits per heavy atom. The molecule has 3 heteroatoms. The number of aldehydes is 1. The Morgan fingerprint density at radius 1 is 1.31 bits per heavy atom. The van der Waals surface area contributed by atoms with Gasteiger partial charge in [0.05, 0.1) is 10.5 Å². The molecule has 1 heterocycles. The first-order chi connectivity index (χ1) is 6.33. The minimum Gasteiger partial charge on any atom is -0.298 e. The molecule has 0 saturated heterocycles. The lowest BCUT2D eigenvalue weighted by atomic mass is 10.1. The molecule has 13 heavy (non-hydrogen) atoms. The van der Waals surface area contributed by atoms with Crippen LogP contribution >= 0.6 is 11.6 Å². The van der Waals surface area contributed by atoms with Crippen molar-refractivity contribution in [3.05, 3.63) is 41.0 Å². The Morgan fingerprint density at radius 2 is 2.15 bits per heavy atom. The van der Waals surface area contributed by atoms with Crippen LogP contribution in [0, 0.1) is 0 Å². The molecule has 0 amide bonds. The van der Waals surface area contributed by atoms with Gasteiger partial charge < -0.3 is 0 Å². The second-order valence-corrected chi connectivity index (χ2v) is 3.06. The third-order valence-electron chi connectivity index (χ3n) is 1.87. The van der Waals surface area contributed by atoms with Gasteiger partial charge in [-0.1, -0.05) is 23.7 Å². The lowest BCUT2D eigenvalue weighted by molar-refractivity contribution is 0.112. The summed E-state index contributed by atoms with van der Waals surface area (Å²) in [5.41, 5.74) is 1.33. The van der Waals surface area contributed by atoms with Gasteiger partial charge in [0, 0.05) is 17.1 Å². The number of fused-ring (bicyclic) bond motifs is 1. The van der Waals surface area contributed by atoms with E-state index in [1.165, 1.54) is 0 Å². The van der Waals surface area contributed by atoms with Crippen molar-refractivity contribution in [2.75, 3.05) is 0 Å². The summed E-state index contributed by atoms with van der Waals surface area (Å²) in [6.07, 6.45) is 2.41. The van der Waals surface area contributed by atoms with Crippen molar-refractivity contribution in [1.29, 1.82) is 0 Å². The number of benzene rings is 1. The fourth-order valence-electron chi connectivity index (χ4n) is 1.29. The second-order valence-electron chi connectivity index (χ2n) is 2.65. The van der Waals surface area contributed by atoms with Gasteiger partial charge in [0.25, 0.3) is 0 Å². The zero-order valence-corrected chi connectivity index (χ0v) is 7.45. The van der Waals surface area contributed by atoms with E-state index in [0.29, 0.717) is 10.6 Å². The normalized spacial score (nSPS) is 10.2. The smallest absolute Gasteiger partial charge is 0.150 e. The Balaban J connectivity index is 2.94. The maximum atomic E-state index is 10.7. The van der Waals surface area contributed by atoms with E-state index in [0.717, 1.165) is 17.2 Å². The summed E-state index contributed by atoms with van der Waals surface area (Å²) in [5, 5.41) is 1.29. The predicted octanol–water partition coefficient (Wildman–Crippen LogP) is 2.70. The largest absolute Gasteiger partial charge is 0.298 e. The van der Waals surface area contributed by atoms with E-state index in [9.17, 15) is 4.79 Å². The fourth-order valence-corrected chi connectivity index (χ4v) is 1.55. The van der Waals surface area contributed by atoms with Crippen LogP contribution in [-0.4, -0.2) is 11.3 Å². The number of carbonyl (C=O) groups excluding carboxylic acids is 1. The van der Waals surface area contributed by atoms with Crippen LogP contribution in [0.3, 0.4) is 0 Å². The van der Waals surface area contributed by atoms with Gasteiger partial charge in [0.1, 0.15) is 0 Å². The number of aromatic nitrogens is 1. The summed E-state index contributed by atoms with van der Waals surface area (Å²) in [4.78, 5) is 14.8. The SMILES string of the molecule is O=Cc1cccc2nccc(Cl)c12. The molecule has 64 valence electrons. The van der Waals surface area contributed by atoms with Crippen LogP contribution in [-0.2, 0) is 0 Å². The number of rotatable bonds is 1. The highest BCUT2D eigenvalue weighted by molar-refractivity contribution is 6.36. The summed E-state index contributed by atoms with van der Waals surface area (Å²) in [6, 6.07) is 7.02. The third kappa shape index (κ3) is 1.29. The molecule has 2 nitrogen and oxygen atoms in total. The van der Waals surface area contributed by atoms with Crippen molar-refractivity contribution in [3.63, 3.8) is 0 Å². The number of carbonyl (C=O) groups is 1. The zero-order valence-electron chi connectivity index (χ0n) is 6.70. The highest BCUT2D eigenvalue weighted by atomic mass is 35.5. The van der Waals surface area contributed by atoms with E-state index in [4.69, 9.17) is 11.6 Å². The van der Waals surface area contributed by atoms with E-state index in [1.807, 2.05) is 6.07 Å². The maximum absolute atomic E-state index is 10.7. The quantitative estimate of drug-likeness (QED) is 0.649. The summed E-state index contributed by atoms with van der Waals surface area (Å²) in [5.74, 6) is 0. The molecule has 1 aromatic heterocycles. The highest BCUT2D eigenvalue weighted by Crippen LogP contribution is 2.23. The van der Waals surface area contributed by atoms with Gasteiger partial charge in [0.15, 0.2) is 6.29 Å². The van der Waals surface area contributed by atoms with Crippen LogP contribution in [0.1, 0.15) is 10.4 Å². The first kappa shape index (κ1) is 8.20. The lowest BCUT2D eigenvalue weighted by Gasteiger charge is -2.00. The summed E-state index contributed by atoms with van der Waals surface area (Å²) >= 11 is 5.94. The molecular weight excluding hydrogens is 186 g/mol. The molecule has 0 bridgehead atoms. The van der Waals surface area contributed by atoms with E-state index < -0.39 is 0 Å². The fraction of sp³-hybridized carbons (Fsp3) is 0. The molecule has 1 aromatic carbocycles. The molecule has 0 radical (unpaired) electrons. The molecule has 0 fully saturated rings. The average Bonchev–Trinajstić information content (AvgIpc) is 2.17. The van der Waals surface area contributed by atoms with Crippen LogP contribution in [0.25, 0.3) is 10.9 Å². The number of hydrogen-bond acceptors (Lipinski definition) is 2. The van der Waals surface area contributed by atoms with Crippen LogP contribution in [0.15, 0.2) is 30.5 Å². The molecule has 0 aliphatic carbocycles. The average molecular weight is 192 g/mol. The first-order valence-electron chi connectivity index (χ1n) is 3.81. The third-order valence-corrected chi connectivity index (χ3v) is 2.19. The summed E-state index contributed by atoms with van der Waals surface area (Å²) in [7, 11) is 0. The predicted molar refractivity (Wildman–Crippen MR) is 52.1 cm³/mol. The molecule has 0 aliphatic rings. The van der Waals surface area contributed by atoms with Crippen molar-refractivity contribution < 1.29 is 4.79 Å². The minimum absolute atomic E-state index is 0.563. The van der Waals surface area contributed by atoms with E-state index in [1.54, 1.807) is 24.4 Å². The zero-order chi connectivity index (χ0) is 9.26. The number of nitrogens with zero attached hydrogens (tertiary/aromatic N) is 1. The van der Waals surface area contributed by atoms with Crippen molar-refractivity contribution in [2.45, 2.75) is 0 Å². The Bertz CT molecular complexity index is 462. The Kier molecular flexibility index (Phi) is 1.99. The van der Waals surface area contributed by atoms with Crippen LogP contribution in [0.4, 0.5) is 0 Å². The number of hydrogen-bond donors (Lipinski definition) is 0. The van der Waals surface area contributed by atoms with Crippen molar-refractivity contribution in [3.8, 4) is 0 Å². The van der Waals surface area contributed by atoms with Crippen molar-refractivity contribution in [1.82, 2.24) is 4.98 Å². The monoisotopic (exact) mass is 191 g/mol. The summed E-state index contributed by atoms with van der Waals surface area (Å²) in [6.45, 7) is 0. The van der Waals surface area contributed by atoms with Crippen LogP contribution in [0.5, 0.6) is 0 Å². The number of halogens is 1. The minimum atomic E-state index is 0.563. The highest BCUT2D eigenvalue weighted by Gasteiger charge is 2.03. The van der Waals surface area contributed by atoms with Gasteiger partial charge in [-0.25, -0.2) is 0 Å². The van der Waals surface area contributed by atoms with E-state index >= 15 is 0 Å². The van der Waals surface area contributed by atoms with Crippen LogP contribution < -0.4 is 0 Å². The lowest BCUT2D eigenvalue weighted by Crippen LogP contribution is -1.86. The van der Waals surface area contributed by atoms with Gasteiger partial charge in [0.2, 0.25) is 0 Å². The Labute approximate surface area is 80.2 Å². The first-order valence-corrected chi connectivity index (χ1v) is 4.19. The van der Waals surface area contributed by atoms with Crippen LogP contribution in [0.2, 0.25) is 5.02 Å². The van der Waals surface area contributed by atoms with Gasteiger partial charge in [-0.2, -0.15) is 0 Å². The molecule has 0 saturated carbocycles. The molecule has 0 spiro atoms. The molecule has 0 N–H and O–H groups in total. The van der Waals surface area contributed by atoms with E-state index in [-0.39, 0.29) is 0 Å². The van der Waals surface area contributed by atoms with Gasteiger partial charge in [-0.3, -0.25) is 9.78 Å². The maximum Gasteiger partial charge on any atom is 0.150 e. The molecule has 0 aliphatic heterocycles. The molecule has 2 rings (SSSR count). The van der Waals surface area contributed by atoms with Gasteiger partial charge in [-0.05, 0) is 12.1 Å². The molecule has 0 atom stereocenters. The second kappa shape index (κ2) is 3.15. The Hall–Kier alpha value is -1.41. The van der Waals surface area contributed by atoms with Gasteiger partial charge >= 0.3 is 0 Å². The van der Waals surface area contributed by atoms with E-state index in [2.05, 4.69) is 4.98 Å². The molecular formula is C10H6ClNO. The number of pyridine rings is 1.